The molecule has 29 heavy (non-hydrogen) atoms. The highest BCUT2D eigenvalue weighted by molar-refractivity contribution is 5.81. The fourth-order valence-electron chi connectivity index (χ4n) is 3.79. The van der Waals surface area contributed by atoms with Gasteiger partial charge in [-0.1, -0.05) is 24.3 Å². The van der Waals surface area contributed by atoms with Gasteiger partial charge in [0.2, 0.25) is 5.91 Å². The van der Waals surface area contributed by atoms with Crippen molar-refractivity contribution in [3.05, 3.63) is 59.7 Å². The van der Waals surface area contributed by atoms with Gasteiger partial charge in [-0.3, -0.25) is 9.69 Å². The van der Waals surface area contributed by atoms with Crippen molar-refractivity contribution in [2.24, 2.45) is 0 Å². The molecule has 1 amide bonds. The Morgan fingerprint density at radius 1 is 1.03 bits per heavy atom. The quantitative estimate of drug-likeness (QED) is 0.720. The standard InChI is InChI=1S/C24H33N3O2/c1-19-16-20(2)18-23(17-19)29-15-14-25(4)21(3)24(28)27-12-10-26(11-13-27)22-8-6-5-7-9-22/h5-9,16-18,21H,10-15H2,1-4H3. The van der Waals surface area contributed by atoms with Crippen molar-refractivity contribution in [1.29, 1.82) is 0 Å². The van der Waals surface area contributed by atoms with Crippen LogP contribution in [0, 0.1) is 13.8 Å². The van der Waals surface area contributed by atoms with E-state index in [2.05, 4.69) is 54.0 Å². The van der Waals surface area contributed by atoms with Gasteiger partial charge in [0.25, 0.3) is 0 Å². The van der Waals surface area contributed by atoms with Crippen LogP contribution in [-0.2, 0) is 4.79 Å². The summed E-state index contributed by atoms with van der Waals surface area (Å²) in [5.41, 5.74) is 3.63. The minimum Gasteiger partial charge on any atom is -0.492 e. The Balaban J connectivity index is 1.44. The molecule has 5 nitrogen and oxygen atoms in total. The van der Waals surface area contributed by atoms with E-state index in [1.165, 1.54) is 16.8 Å². The third kappa shape index (κ3) is 5.73. The maximum Gasteiger partial charge on any atom is 0.239 e. The number of hydrogen-bond acceptors (Lipinski definition) is 4. The van der Waals surface area contributed by atoms with Gasteiger partial charge >= 0.3 is 0 Å². The van der Waals surface area contributed by atoms with Crippen molar-refractivity contribution in [1.82, 2.24) is 9.80 Å². The van der Waals surface area contributed by atoms with Crippen molar-refractivity contribution in [3.63, 3.8) is 0 Å². The van der Waals surface area contributed by atoms with E-state index < -0.39 is 0 Å². The molecule has 3 rings (SSSR count). The summed E-state index contributed by atoms with van der Waals surface area (Å²) in [6.07, 6.45) is 0. The molecule has 0 aromatic heterocycles. The van der Waals surface area contributed by atoms with E-state index >= 15 is 0 Å². The van der Waals surface area contributed by atoms with E-state index in [1.807, 2.05) is 37.1 Å². The lowest BCUT2D eigenvalue weighted by atomic mass is 10.1. The Hall–Kier alpha value is -2.53. The Morgan fingerprint density at radius 3 is 2.28 bits per heavy atom. The molecule has 0 saturated carbocycles. The van der Waals surface area contributed by atoms with Gasteiger partial charge in [-0.15, -0.1) is 0 Å². The molecular weight excluding hydrogens is 362 g/mol. The van der Waals surface area contributed by atoms with E-state index in [0.29, 0.717) is 13.2 Å². The van der Waals surface area contributed by atoms with Crippen LogP contribution < -0.4 is 9.64 Å². The molecule has 1 saturated heterocycles. The third-order valence-electron chi connectivity index (χ3n) is 5.64. The average Bonchev–Trinajstić information content (AvgIpc) is 2.72. The predicted molar refractivity (Wildman–Crippen MR) is 119 cm³/mol. The maximum absolute atomic E-state index is 12.9. The number of hydrogen-bond donors (Lipinski definition) is 0. The van der Waals surface area contributed by atoms with Crippen LogP contribution in [0.4, 0.5) is 5.69 Å². The van der Waals surface area contributed by atoms with Gasteiger partial charge in [0.1, 0.15) is 12.4 Å². The summed E-state index contributed by atoms with van der Waals surface area (Å²) in [6.45, 7) is 10.7. The molecule has 5 heteroatoms. The van der Waals surface area contributed by atoms with Crippen molar-refractivity contribution in [3.8, 4) is 5.75 Å². The molecule has 2 aromatic rings. The van der Waals surface area contributed by atoms with Crippen LogP contribution in [0.15, 0.2) is 48.5 Å². The van der Waals surface area contributed by atoms with Gasteiger partial charge in [-0.05, 0) is 63.2 Å². The van der Waals surface area contributed by atoms with Crippen molar-refractivity contribution in [2.45, 2.75) is 26.8 Å². The van der Waals surface area contributed by atoms with Crippen LogP contribution in [-0.4, -0.2) is 68.1 Å². The zero-order valence-electron chi connectivity index (χ0n) is 18.1. The lowest BCUT2D eigenvalue weighted by Crippen LogP contribution is -2.54. The molecule has 0 bridgehead atoms. The van der Waals surface area contributed by atoms with E-state index in [9.17, 15) is 4.79 Å². The number of amides is 1. The fourth-order valence-corrected chi connectivity index (χ4v) is 3.79. The normalized spacial score (nSPS) is 15.5. The highest BCUT2D eigenvalue weighted by Crippen LogP contribution is 2.17. The topological polar surface area (TPSA) is 36.0 Å². The maximum atomic E-state index is 12.9. The van der Waals surface area contributed by atoms with Gasteiger partial charge in [0, 0.05) is 38.4 Å². The number of rotatable bonds is 7. The zero-order valence-corrected chi connectivity index (χ0v) is 18.1. The molecule has 1 aliphatic heterocycles. The van der Waals surface area contributed by atoms with E-state index in [-0.39, 0.29) is 11.9 Å². The number of aryl methyl sites for hydroxylation is 2. The first-order valence-corrected chi connectivity index (χ1v) is 10.4. The summed E-state index contributed by atoms with van der Waals surface area (Å²) in [7, 11) is 1.99. The van der Waals surface area contributed by atoms with Crippen LogP contribution in [0.1, 0.15) is 18.1 Å². The Kier molecular flexibility index (Phi) is 7.15. The summed E-state index contributed by atoms with van der Waals surface area (Å²) in [5.74, 6) is 1.10. The molecule has 0 radical (unpaired) electrons. The van der Waals surface area contributed by atoms with Crippen LogP contribution in [0.25, 0.3) is 0 Å². The monoisotopic (exact) mass is 395 g/mol. The lowest BCUT2D eigenvalue weighted by Gasteiger charge is -2.38. The van der Waals surface area contributed by atoms with Gasteiger partial charge in [-0.25, -0.2) is 0 Å². The highest BCUT2D eigenvalue weighted by atomic mass is 16.5. The molecular formula is C24H33N3O2. The SMILES string of the molecule is Cc1cc(C)cc(OCCN(C)C(C)C(=O)N2CCN(c3ccccc3)CC2)c1. The summed E-state index contributed by atoms with van der Waals surface area (Å²) >= 11 is 0. The smallest absolute Gasteiger partial charge is 0.239 e. The van der Waals surface area contributed by atoms with Gasteiger partial charge < -0.3 is 14.5 Å². The Labute approximate surface area is 174 Å². The number of ether oxygens (including phenoxy) is 1. The molecule has 0 aliphatic carbocycles. The number of carbonyl (C=O) groups is 1. The Morgan fingerprint density at radius 2 is 1.66 bits per heavy atom. The second-order valence-electron chi connectivity index (χ2n) is 7.98. The number of benzene rings is 2. The molecule has 2 aromatic carbocycles. The van der Waals surface area contributed by atoms with Crippen molar-refractivity contribution < 1.29 is 9.53 Å². The third-order valence-corrected chi connectivity index (χ3v) is 5.64. The predicted octanol–water partition coefficient (Wildman–Crippen LogP) is 3.35. The molecule has 0 spiro atoms. The number of piperazine rings is 1. The number of nitrogens with zero attached hydrogens (tertiary/aromatic N) is 3. The molecule has 1 atom stereocenters. The number of carbonyl (C=O) groups excluding carboxylic acids is 1. The van der Waals surface area contributed by atoms with E-state index in [4.69, 9.17) is 4.74 Å². The van der Waals surface area contributed by atoms with Crippen LogP contribution in [0.2, 0.25) is 0 Å². The van der Waals surface area contributed by atoms with Gasteiger partial charge in [0.15, 0.2) is 0 Å². The van der Waals surface area contributed by atoms with Crippen molar-refractivity contribution >= 4 is 11.6 Å². The largest absolute Gasteiger partial charge is 0.492 e. The van der Waals surface area contributed by atoms with Crippen LogP contribution in [0.5, 0.6) is 5.75 Å². The minimum atomic E-state index is -0.152. The van der Waals surface area contributed by atoms with Crippen LogP contribution >= 0.6 is 0 Å². The number of likely N-dealkylation sites (N-methyl/N-ethyl adjacent to an activating group) is 1. The lowest BCUT2D eigenvalue weighted by molar-refractivity contribution is -0.136. The number of para-hydroxylation sites is 1. The molecule has 0 N–H and O–H groups in total. The zero-order chi connectivity index (χ0) is 20.8. The molecule has 1 heterocycles. The fraction of sp³-hybridized carbons (Fsp3) is 0.458. The van der Waals surface area contributed by atoms with E-state index in [0.717, 1.165) is 31.9 Å². The molecule has 1 fully saturated rings. The number of anilines is 1. The summed E-state index contributed by atoms with van der Waals surface area (Å²) in [5, 5.41) is 0. The first kappa shape index (κ1) is 21.2. The summed E-state index contributed by atoms with van der Waals surface area (Å²) in [4.78, 5) is 19.3. The average molecular weight is 396 g/mol. The van der Waals surface area contributed by atoms with Gasteiger partial charge in [-0.2, -0.15) is 0 Å². The van der Waals surface area contributed by atoms with Crippen LogP contribution in [0.3, 0.4) is 0 Å². The molecule has 1 unspecified atom stereocenters. The highest BCUT2D eigenvalue weighted by Gasteiger charge is 2.27. The Bertz CT molecular complexity index is 781. The molecule has 1 aliphatic rings. The second-order valence-corrected chi connectivity index (χ2v) is 7.98. The summed E-state index contributed by atoms with van der Waals surface area (Å²) in [6, 6.07) is 16.5. The minimum absolute atomic E-state index is 0.152. The first-order chi connectivity index (χ1) is 13.9. The first-order valence-electron chi connectivity index (χ1n) is 10.4. The van der Waals surface area contributed by atoms with E-state index in [1.54, 1.807) is 0 Å². The van der Waals surface area contributed by atoms with Crippen molar-refractivity contribution in [2.75, 3.05) is 51.3 Å². The van der Waals surface area contributed by atoms with Gasteiger partial charge in [0.05, 0.1) is 6.04 Å². The second kappa shape index (κ2) is 9.79. The molecule has 156 valence electrons. The summed E-state index contributed by atoms with van der Waals surface area (Å²) < 4.78 is 5.90.